The SMILES string of the molecule is CCCNc1cncc(N(CC)C(C)CC)c1. The van der Waals surface area contributed by atoms with Crippen molar-refractivity contribution >= 4 is 11.4 Å². The average molecular weight is 235 g/mol. The molecule has 3 heteroatoms. The highest BCUT2D eigenvalue weighted by atomic mass is 15.2. The maximum Gasteiger partial charge on any atom is 0.0575 e. The Kier molecular flexibility index (Phi) is 5.81. The fourth-order valence-electron chi connectivity index (χ4n) is 1.92. The third-order valence-corrected chi connectivity index (χ3v) is 3.10. The van der Waals surface area contributed by atoms with Crippen molar-refractivity contribution in [2.75, 3.05) is 23.3 Å². The summed E-state index contributed by atoms with van der Waals surface area (Å²) in [5.74, 6) is 0. The van der Waals surface area contributed by atoms with Crippen molar-refractivity contribution in [3.63, 3.8) is 0 Å². The topological polar surface area (TPSA) is 28.2 Å². The summed E-state index contributed by atoms with van der Waals surface area (Å²) in [4.78, 5) is 6.71. The summed E-state index contributed by atoms with van der Waals surface area (Å²) in [6.45, 7) is 10.9. The van der Waals surface area contributed by atoms with E-state index in [0.717, 1.165) is 31.6 Å². The molecular weight excluding hydrogens is 210 g/mol. The van der Waals surface area contributed by atoms with Crippen molar-refractivity contribution in [3.05, 3.63) is 18.5 Å². The predicted molar refractivity (Wildman–Crippen MR) is 75.8 cm³/mol. The molecule has 1 heterocycles. The molecule has 96 valence electrons. The van der Waals surface area contributed by atoms with Crippen LogP contribution >= 0.6 is 0 Å². The molecule has 0 saturated heterocycles. The normalized spacial score (nSPS) is 12.2. The van der Waals surface area contributed by atoms with Gasteiger partial charge in [-0.15, -0.1) is 0 Å². The first-order chi connectivity index (χ1) is 8.22. The maximum absolute atomic E-state index is 4.32. The van der Waals surface area contributed by atoms with Crippen molar-refractivity contribution in [2.45, 2.75) is 46.6 Å². The standard InChI is InChI=1S/C14H25N3/c1-5-8-16-13-9-14(11-15-10-13)17(7-3)12(4)6-2/h9-12,16H,5-8H2,1-4H3. The van der Waals surface area contributed by atoms with Gasteiger partial charge in [0.25, 0.3) is 0 Å². The molecule has 1 atom stereocenters. The van der Waals surface area contributed by atoms with E-state index in [1.165, 1.54) is 5.69 Å². The van der Waals surface area contributed by atoms with Gasteiger partial charge >= 0.3 is 0 Å². The lowest BCUT2D eigenvalue weighted by Gasteiger charge is -2.29. The second-order valence-electron chi connectivity index (χ2n) is 4.40. The van der Waals surface area contributed by atoms with Crippen LogP contribution in [0.3, 0.4) is 0 Å². The molecule has 1 unspecified atom stereocenters. The van der Waals surface area contributed by atoms with E-state index in [9.17, 15) is 0 Å². The summed E-state index contributed by atoms with van der Waals surface area (Å²) in [6, 6.07) is 2.75. The lowest BCUT2D eigenvalue weighted by molar-refractivity contribution is 0.629. The van der Waals surface area contributed by atoms with E-state index in [1.807, 2.05) is 12.4 Å². The Bertz CT molecular complexity index is 325. The third kappa shape index (κ3) is 3.91. The number of nitrogens with one attached hydrogen (secondary N) is 1. The van der Waals surface area contributed by atoms with Crippen LogP contribution in [0.1, 0.15) is 40.5 Å². The number of hydrogen-bond donors (Lipinski definition) is 1. The summed E-state index contributed by atoms with van der Waals surface area (Å²) in [6.07, 6.45) is 6.13. The van der Waals surface area contributed by atoms with Crippen molar-refractivity contribution < 1.29 is 0 Å². The van der Waals surface area contributed by atoms with E-state index in [4.69, 9.17) is 0 Å². The highest BCUT2D eigenvalue weighted by Gasteiger charge is 2.11. The van der Waals surface area contributed by atoms with E-state index in [1.54, 1.807) is 0 Å². The maximum atomic E-state index is 4.32. The number of rotatable bonds is 7. The second kappa shape index (κ2) is 7.15. The first-order valence-electron chi connectivity index (χ1n) is 6.68. The molecule has 0 aliphatic rings. The molecule has 3 nitrogen and oxygen atoms in total. The fraction of sp³-hybridized carbons (Fsp3) is 0.643. The van der Waals surface area contributed by atoms with Crippen LogP contribution < -0.4 is 10.2 Å². The Morgan fingerprint density at radius 1 is 1.29 bits per heavy atom. The van der Waals surface area contributed by atoms with Crippen molar-refractivity contribution in [2.24, 2.45) is 0 Å². The smallest absolute Gasteiger partial charge is 0.0575 e. The largest absolute Gasteiger partial charge is 0.384 e. The molecule has 1 aromatic rings. The molecule has 0 aliphatic heterocycles. The van der Waals surface area contributed by atoms with Gasteiger partial charge in [0.05, 0.1) is 23.8 Å². The van der Waals surface area contributed by atoms with Crippen molar-refractivity contribution in [1.29, 1.82) is 0 Å². The lowest BCUT2D eigenvalue weighted by atomic mass is 10.2. The molecule has 0 bridgehead atoms. The molecule has 0 aromatic carbocycles. The lowest BCUT2D eigenvalue weighted by Crippen LogP contribution is -2.32. The highest BCUT2D eigenvalue weighted by molar-refractivity contribution is 5.56. The monoisotopic (exact) mass is 235 g/mol. The predicted octanol–water partition coefficient (Wildman–Crippen LogP) is 3.53. The minimum atomic E-state index is 0.559. The molecule has 17 heavy (non-hydrogen) atoms. The fourth-order valence-corrected chi connectivity index (χ4v) is 1.92. The summed E-state index contributed by atoms with van der Waals surface area (Å²) in [5.41, 5.74) is 2.33. The van der Waals surface area contributed by atoms with Crippen LogP contribution in [0.4, 0.5) is 11.4 Å². The van der Waals surface area contributed by atoms with E-state index < -0.39 is 0 Å². The minimum absolute atomic E-state index is 0.559. The van der Waals surface area contributed by atoms with Crippen LogP contribution in [0.2, 0.25) is 0 Å². The zero-order valence-electron chi connectivity index (χ0n) is 11.5. The Balaban J connectivity index is 2.81. The molecule has 0 saturated carbocycles. The van der Waals surface area contributed by atoms with Gasteiger partial charge in [-0.3, -0.25) is 4.98 Å². The first-order valence-corrected chi connectivity index (χ1v) is 6.68. The molecule has 0 spiro atoms. The number of aromatic nitrogens is 1. The van der Waals surface area contributed by atoms with E-state index in [-0.39, 0.29) is 0 Å². The Morgan fingerprint density at radius 2 is 2.06 bits per heavy atom. The van der Waals surface area contributed by atoms with Crippen molar-refractivity contribution in [1.82, 2.24) is 4.98 Å². The highest BCUT2D eigenvalue weighted by Crippen LogP contribution is 2.20. The van der Waals surface area contributed by atoms with Gasteiger partial charge < -0.3 is 10.2 Å². The quantitative estimate of drug-likeness (QED) is 0.783. The number of pyridine rings is 1. The number of anilines is 2. The van der Waals surface area contributed by atoms with Crippen LogP contribution in [-0.2, 0) is 0 Å². The van der Waals surface area contributed by atoms with E-state index in [0.29, 0.717) is 6.04 Å². The van der Waals surface area contributed by atoms with Gasteiger partial charge in [-0.25, -0.2) is 0 Å². The average Bonchev–Trinajstić information content (AvgIpc) is 2.37. The molecule has 1 rings (SSSR count). The van der Waals surface area contributed by atoms with E-state index in [2.05, 4.69) is 49.0 Å². The zero-order valence-corrected chi connectivity index (χ0v) is 11.5. The second-order valence-corrected chi connectivity index (χ2v) is 4.40. The van der Waals surface area contributed by atoms with Gasteiger partial charge in [-0.1, -0.05) is 13.8 Å². The molecule has 0 fully saturated rings. The Labute approximate surface area is 105 Å². The van der Waals surface area contributed by atoms with Gasteiger partial charge in [0.15, 0.2) is 0 Å². The summed E-state index contributed by atoms with van der Waals surface area (Å²) in [7, 11) is 0. The molecule has 0 aliphatic carbocycles. The van der Waals surface area contributed by atoms with Crippen LogP contribution in [0.15, 0.2) is 18.5 Å². The number of nitrogens with zero attached hydrogens (tertiary/aromatic N) is 2. The third-order valence-electron chi connectivity index (χ3n) is 3.10. The summed E-state index contributed by atoms with van der Waals surface area (Å²) < 4.78 is 0. The van der Waals surface area contributed by atoms with E-state index >= 15 is 0 Å². The zero-order chi connectivity index (χ0) is 12.7. The van der Waals surface area contributed by atoms with Crippen LogP contribution in [0.25, 0.3) is 0 Å². The Hall–Kier alpha value is -1.25. The van der Waals surface area contributed by atoms with Crippen LogP contribution in [0, 0.1) is 0 Å². The summed E-state index contributed by atoms with van der Waals surface area (Å²) in [5, 5.41) is 3.38. The van der Waals surface area contributed by atoms with Gasteiger partial charge in [0, 0.05) is 19.1 Å². The van der Waals surface area contributed by atoms with Crippen molar-refractivity contribution in [3.8, 4) is 0 Å². The molecular formula is C14H25N3. The molecule has 0 amide bonds. The number of hydrogen-bond acceptors (Lipinski definition) is 3. The summed E-state index contributed by atoms with van der Waals surface area (Å²) >= 11 is 0. The minimum Gasteiger partial charge on any atom is -0.384 e. The molecule has 1 N–H and O–H groups in total. The van der Waals surface area contributed by atoms with Gasteiger partial charge in [0.2, 0.25) is 0 Å². The van der Waals surface area contributed by atoms with Gasteiger partial charge in [0.1, 0.15) is 0 Å². The van der Waals surface area contributed by atoms with Crippen LogP contribution in [0.5, 0.6) is 0 Å². The van der Waals surface area contributed by atoms with Crippen LogP contribution in [-0.4, -0.2) is 24.1 Å². The Morgan fingerprint density at radius 3 is 2.65 bits per heavy atom. The first kappa shape index (κ1) is 13.8. The molecule has 0 radical (unpaired) electrons. The molecule has 1 aromatic heterocycles. The van der Waals surface area contributed by atoms with Gasteiger partial charge in [-0.2, -0.15) is 0 Å². The van der Waals surface area contributed by atoms with Gasteiger partial charge in [-0.05, 0) is 32.8 Å².